The molecule has 0 saturated heterocycles. The molecule has 1 heterocycles. The van der Waals surface area contributed by atoms with E-state index >= 15 is 0 Å². The molecule has 3 aromatic rings. The smallest absolute Gasteiger partial charge is 0.330 e. The Morgan fingerprint density at radius 3 is 2.42 bits per heavy atom. The van der Waals surface area contributed by atoms with Gasteiger partial charge in [0.15, 0.2) is 0 Å². The number of esters is 1. The summed E-state index contributed by atoms with van der Waals surface area (Å²) in [4.78, 5) is 11.7. The Morgan fingerprint density at radius 2 is 1.77 bits per heavy atom. The fourth-order valence-electron chi connectivity index (χ4n) is 2.79. The summed E-state index contributed by atoms with van der Waals surface area (Å²) in [6.07, 6.45) is 2.87. The van der Waals surface area contributed by atoms with Crippen LogP contribution in [0.25, 0.3) is 17.0 Å². The number of fused-ring (bicyclic) bond motifs is 1. The van der Waals surface area contributed by atoms with Gasteiger partial charge in [-0.25, -0.2) is 17.2 Å². The Morgan fingerprint density at radius 1 is 1.12 bits per heavy atom. The minimum absolute atomic E-state index is 0.200. The van der Waals surface area contributed by atoms with Crippen LogP contribution >= 0.6 is 15.9 Å². The van der Waals surface area contributed by atoms with E-state index in [2.05, 4.69) is 20.7 Å². The van der Waals surface area contributed by atoms with Crippen molar-refractivity contribution in [1.29, 1.82) is 0 Å². The molecule has 3 rings (SSSR count). The van der Waals surface area contributed by atoms with Crippen LogP contribution in [0.5, 0.6) is 0 Å². The second kappa shape index (κ2) is 7.47. The van der Waals surface area contributed by atoms with Crippen molar-refractivity contribution in [1.82, 2.24) is 3.97 Å². The first-order chi connectivity index (χ1) is 12.5. The topological polar surface area (TPSA) is 65.4 Å². The molecule has 0 saturated carbocycles. The van der Waals surface area contributed by atoms with Gasteiger partial charge < -0.3 is 4.74 Å². The third-order valence-corrected chi connectivity index (χ3v) is 6.26. The van der Waals surface area contributed by atoms with Gasteiger partial charge in [0.1, 0.15) is 0 Å². The predicted octanol–water partition coefficient (Wildman–Crippen LogP) is 3.96. The number of carbonyl (C=O) groups is 1. The maximum absolute atomic E-state index is 13.3. The number of hydrogen-bond acceptors (Lipinski definition) is 4. The lowest BCUT2D eigenvalue weighted by molar-refractivity contribution is -0.134. The molecule has 5 nitrogen and oxygen atoms in total. The van der Waals surface area contributed by atoms with Crippen molar-refractivity contribution in [3.8, 4) is 0 Å². The minimum Gasteiger partial charge on any atom is -0.466 e. The first-order valence-electron chi connectivity index (χ1n) is 7.75. The number of halogens is 1. The van der Waals surface area contributed by atoms with Gasteiger partial charge in [-0.2, -0.15) is 0 Å². The number of rotatable bonds is 5. The summed E-state index contributed by atoms with van der Waals surface area (Å²) in [6.45, 7) is 0. The van der Waals surface area contributed by atoms with Crippen LogP contribution in [-0.2, 0) is 24.9 Å². The molecule has 1 aromatic heterocycles. The molecule has 7 heteroatoms. The summed E-state index contributed by atoms with van der Waals surface area (Å²) in [5, 5.41) is 1.04. The van der Waals surface area contributed by atoms with E-state index in [1.54, 1.807) is 48.5 Å². The number of methoxy groups -OCH3 is 1. The Labute approximate surface area is 160 Å². The van der Waals surface area contributed by atoms with Gasteiger partial charge >= 0.3 is 5.97 Å². The second-order valence-corrected chi connectivity index (χ2v) is 7.80. The van der Waals surface area contributed by atoms with Gasteiger partial charge in [0.05, 0.1) is 23.2 Å². The Balaban J connectivity index is 2.33. The molecular formula is C19H16BrNO4S. The lowest BCUT2D eigenvalue weighted by Crippen LogP contribution is -2.15. The lowest BCUT2D eigenvalue weighted by atomic mass is 10.1. The molecule has 0 aliphatic heterocycles. The van der Waals surface area contributed by atoms with Gasteiger partial charge in [0.2, 0.25) is 0 Å². The second-order valence-electron chi connectivity index (χ2n) is 5.45. The van der Waals surface area contributed by atoms with E-state index in [1.165, 1.54) is 17.2 Å². The standard InChI is InChI=1S/C19H16BrNO4S/c1-25-19(22)12-11-16-15-9-5-6-10-17(15)21(18(16)13-20)26(23,24)14-7-3-2-4-8-14/h2-12H,13H2,1H3/b12-11+. The van der Waals surface area contributed by atoms with Crippen molar-refractivity contribution >= 4 is 48.9 Å². The van der Waals surface area contributed by atoms with Crippen LogP contribution in [0, 0.1) is 0 Å². The predicted molar refractivity (Wildman–Crippen MR) is 105 cm³/mol. The highest BCUT2D eigenvalue weighted by molar-refractivity contribution is 9.08. The summed E-state index contributed by atoms with van der Waals surface area (Å²) in [7, 11) is -2.50. The van der Waals surface area contributed by atoms with Gasteiger partial charge in [0, 0.05) is 22.4 Å². The van der Waals surface area contributed by atoms with Crippen LogP contribution in [0.4, 0.5) is 0 Å². The zero-order valence-corrected chi connectivity index (χ0v) is 16.3. The van der Waals surface area contributed by atoms with Crippen molar-refractivity contribution in [2.75, 3.05) is 7.11 Å². The molecule has 0 atom stereocenters. The van der Waals surface area contributed by atoms with Crippen molar-refractivity contribution in [2.45, 2.75) is 10.2 Å². The largest absolute Gasteiger partial charge is 0.466 e. The summed E-state index contributed by atoms with van der Waals surface area (Å²) < 4.78 is 32.5. The zero-order chi connectivity index (χ0) is 18.7. The number of alkyl halides is 1. The molecule has 2 aromatic carbocycles. The number of ether oxygens (including phenoxy) is 1. The average molecular weight is 434 g/mol. The Kier molecular flexibility index (Phi) is 5.29. The quantitative estimate of drug-likeness (QED) is 0.347. The third kappa shape index (κ3) is 3.20. The summed E-state index contributed by atoms with van der Waals surface area (Å²) in [6, 6.07) is 15.4. The van der Waals surface area contributed by atoms with E-state index in [0.29, 0.717) is 22.1 Å². The number of nitrogens with zero attached hydrogens (tertiary/aromatic N) is 1. The Bertz CT molecular complexity index is 1090. The minimum atomic E-state index is -3.80. The summed E-state index contributed by atoms with van der Waals surface area (Å²) in [5.41, 5.74) is 1.74. The van der Waals surface area contributed by atoms with Gasteiger partial charge in [0.25, 0.3) is 10.0 Å². The third-order valence-electron chi connectivity index (χ3n) is 3.96. The first-order valence-corrected chi connectivity index (χ1v) is 10.3. The van der Waals surface area contributed by atoms with Crippen molar-refractivity contribution < 1.29 is 17.9 Å². The normalized spacial score (nSPS) is 11.9. The maximum atomic E-state index is 13.3. The molecule has 0 radical (unpaired) electrons. The Hall–Kier alpha value is -2.38. The molecular weight excluding hydrogens is 418 g/mol. The molecule has 26 heavy (non-hydrogen) atoms. The van der Waals surface area contributed by atoms with Crippen LogP contribution in [0.15, 0.2) is 65.6 Å². The van der Waals surface area contributed by atoms with Crippen LogP contribution in [0.1, 0.15) is 11.3 Å². The summed E-state index contributed by atoms with van der Waals surface area (Å²) in [5.74, 6) is -0.506. The van der Waals surface area contributed by atoms with Crippen LogP contribution < -0.4 is 0 Å². The molecule has 0 aliphatic rings. The molecule has 0 amide bonds. The van der Waals surface area contributed by atoms with E-state index in [0.717, 1.165) is 5.39 Å². The SMILES string of the molecule is COC(=O)/C=C/c1c(CBr)n(S(=O)(=O)c2ccccc2)c2ccccc12. The fraction of sp³-hybridized carbons (Fsp3) is 0.105. The number of para-hydroxylation sites is 1. The van der Waals surface area contributed by atoms with E-state index in [4.69, 9.17) is 0 Å². The molecule has 134 valence electrons. The average Bonchev–Trinajstić information content (AvgIpc) is 3.00. The molecule has 0 aliphatic carbocycles. The molecule has 0 fully saturated rings. The molecule has 0 unspecified atom stereocenters. The fourth-order valence-corrected chi connectivity index (χ4v) is 5.09. The number of benzene rings is 2. The van der Waals surface area contributed by atoms with E-state index in [1.807, 2.05) is 12.1 Å². The van der Waals surface area contributed by atoms with E-state index in [9.17, 15) is 13.2 Å². The van der Waals surface area contributed by atoms with Crippen molar-refractivity contribution in [2.24, 2.45) is 0 Å². The van der Waals surface area contributed by atoms with Gasteiger partial charge in [-0.1, -0.05) is 52.3 Å². The lowest BCUT2D eigenvalue weighted by Gasteiger charge is -2.11. The van der Waals surface area contributed by atoms with Crippen molar-refractivity contribution in [3.63, 3.8) is 0 Å². The highest BCUT2D eigenvalue weighted by Gasteiger charge is 2.25. The first kappa shape index (κ1) is 18.4. The van der Waals surface area contributed by atoms with E-state index < -0.39 is 16.0 Å². The van der Waals surface area contributed by atoms with Gasteiger partial charge in [-0.05, 0) is 24.3 Å². The molecule has 0 N–H and O–H groups in total. The van der Waals surface area contributed by atoms with Crippen LogP contribution in [0.2, 0.25) is 0 Å². The maximum Gasteiger partial charge on any atom is 0.330 e. The highest BCUT2D eigenvalue weighted by Crippen LogP contribution is 2.32. The number of aromatic nitrogens is 1. The van der Waals surface area contributed by atoms with Crippen molar-refractivity contribution in [3.05, 3.63) is 71.9 Å². The zero-order valence-electron chi connectivity index (χ0n) is 13.9. The van der Waals surface area contributed by atoms with E-state index in [-0.39, 0.29) is 4.90 Å². The van der Waals surface area contributed by atoms with Crippen LogP contribution in [0.3, 0.4) is 0 Å². The van der Waals surface area contributed by atoms with Gasteiger partial charge in [-0.15, -0.1) is 0 Å². The number of carbonyl (C=O) groups excluding carboxylic acids is 1. The summed E-state index contributed by atoms with van der Waals surface area (Å²) >= 11 is 3.39. The molecule has 0 bridgehead atoms. The van der Waals surface area contributed by atoms with Gasteiger partial charge in [-0.3, -0.25) is 0 Å². The monoisotopic (exact) mass is 433 g/mol. The highest BCUT2D eigenvalue weighted by atomic mass is 79.9. The van der Waals surface area contributed by atoms with Crippen LogP contribution in [-0.4, -0.2) is 25.5 Å². The molecule has 0 spiro atoms. The number of hydrogen-bond donors (Lipinski definition) is 0.